The predicted octanol–water partition coefficient (Wildman–Crippen LogP) is 1.97. The minimum Gasteiger partial charge on any atom is -0.267 e. The van der Waals surface area contributed by atoms with Crippen molar-refractivity contribution < 1.29 is 0 Å². The fourth-order valence-electron chi connectivity index (χ4n) is 2.36. The summed E-state index contributed by atoms with van der Waals surface area (Å²) in [6.45, 7) is 0. The van der Waals surface area contributed by atoms with E-state index in [4.69, 9.17) is 0 Å². The van der Waals surface area contributed by atoms with Crippen molar-refractivity contribution in [2.45, 2.75) is 0 Å². The van der Waals surface area contributed by atoms with E-state index >= 15 is 0 Å². The number of aromatic nitrogens is 5. The fourth-order valence-corrected chi connectivity index (χ4v) is 2.36. The van der Waals surface area contributed by atoms with Crippen molar-refractivity contribution in [2.75, 3.05) is 0 Å². The van der Waals surface area contributed by atoms with E-state index in [1.54, 1.807) is 29.1 Å². The maximum Gasteiger partial charge on any atom is 0.283 e. The van der Waals surface area contributed by atoms with Gasteiger partial charge < -0.3 is 0 Å². The van der Waals surface area contributed by atoms with Gasteiger partial charge in [0.15, 0.2) is 5.82 Å². The molecule has 0 amide bonds. The van der Waals surface area contributed by atoms with Crippen LogP contribution in [0.5, 0.6) is 0 Å². The molecule has 0 aliphatic carbocycles. The number of hydrogen-bond donors (Lipinski definition) is 0. The first-order chi connectivity index (χ1) is 10.8. The highest BCUT2D eigenvalue weighted by Crippen LogP contribution is 2.12. The maximum atomic E-state index is 12.6. The Morgan fingerprint density at radius 3 is 2.45 bits per heavy atom. The summed E-state index contributed by atoms with van der Waals surface area (Å²) >= 11 is 0. The maximum absolute atomic E-state index is 12.6. The van der Waals surface area contributed by atoms with E-state index in [0.29, 0.717) is 16.7 Å². The lowest BCUT2D eigenvalue weighted by Crippen LogP contribution is -2.24. The first-order valence-corrected chi connectivity index (χ1v) is 6.79. The van der Waals surface area contributed by atoms with Gasteiger partial charge in [0.25, 0.3) is 5.56 Å². The van der Waals surface area contributed by atoms with Gasteiger partial charge in [0.1, 0.15) is 5.52 Å². The molecule has 6 heteroatoms. The third-order valence-corrected chi connectivity index (χ3v) is 3.41. The third kappa shape index (κ3) is 1.89. The van der Waals surface area contributed by atoms with E-state index in [1.807, 2.05) is 42.5 Å². The van der Waals surface area contributed by atoms with Crippen LogP contribution in [-0.2, 0) is 0 Å². The third-order valence-electron chi connectivity index (χ3n) is 3.41. The van der Waals surface area contributed by atoms with Gasteiger partial charge in [-0.15, -0.1) is 5.10 Å². The summed E-state index contributed by atoms with van der Waals surface area (Å²) < 4.78 is 2.92. The van der Waals surface area contributed by atoms with Crippen LogP contribution >= 0.6 is 0 Å². The first kappa shape index (κ1) is 12.5. The number of benzene rings is 2. The summed E-state index contributed by atoms with van der Waals surface area (Å²) in [5, 5.41) is 12.9. The highest BCUT2D eigenvalue weighted by atomic mass is 16.1. The van der Waals surface area contributed by atoms with Crippen LogP contribution < -0.4 is 5.56 Å². The summed E-state index contributed by atoms with van der Waals surface area (Å²) in [5.74, 6) is 0.550. The van der Waals surface area contributed by atoms with Gasteiger partial charge in [-0.25, -0.2) is 4.68 Å². The number of hydrogen-bond acceptors (Lipinski definition) is 4. The van der Waals surface area contributed by atoms with E-state index in [0.717, 1.165) is 5.69 Å². The molecule has 2 aromatic carbocycles. The van der Waals surface area contributed by atoms with Crippen molar-refractivity contribution in [3.8, 4) is 11.5 Å². The zero-order valence-electron chi connectivity index (χ0n) is 11.5. The van der Waals surface area contributed by atoms with E-state index in [9.17, 15) is 4.79 Å². The standard InChI is InChI=1S/C16H11N5O/c22-16-13-8-4-5-9-14(13)18-19-21(16)15-10-11-17-20(15)12-6-2-1-3-7-12/h1-11H. The van der Waals surface area contributed by atoms with Crippen molar-refractivity contribution in [1.29, 1.82) is 0 Å². The lowest BCUT2D eigenvalue weighted by molar-refractivity contribution is 0.686. The minimum atomic E-state index is -0.219. The Morgan fingerprint density at radius 2 is 1.59 bits per heavy atom. The smallest absolute Gasteiger partial charge is 0.267 e. The fraction of sp³-hybridized carbons (Fsp3) is 0. The predicted molar refractivity (Wildman–Crippen MR) is 82.3 cm³/mol. The van der Waals surface area contributed by atoms with Gasteiger partial charge in [0.05, 0.1) is 17.3 Å². The van der Waals surface area contributed by atoms with Crippen LogP contribution in [0.2, 0.25) is 0 Å². The van der Waals surface area contributed by atoms with Gasteiger partial charge in [-0.2, -0.15) is 9.78 Å². The molecule has 0 saturated heterocycles. The molecule has 0 unspecified atom stereocenters. The van der Waals surface area contributed by atoms with Gasteiger partial charge in [-0.1, -0.05) is 35.5 Å². The average Bonchev–Trinajstić information content (AvgIpc) is 3.06. The molecule has 0 bridgehead atoms. The Balaban J connectivity index is 1.96. The summed E-state index contributed by atoms with van der Waals surface area (Å²) in [5.41, 5.74) is 1.21. The van der Waals surface area contributed by atoms with Crippen LogP contribution in [0.25, 0.3) is 22.4 Å². The van der Waals surface area contributed by atoms with Gasteiger partial charge in [-0.05, 0) is 24.3 Å². The molecule has 0 radical (unpaired) electrons. The zero-order valence-corrected chi connectivity index (χ0v) is 11.5. The summed E-state index contributed by atoms with van der Waals surface area (Å²) in [4.78, 5) is 12.6. The second-order valence-corrected chi connectivity index (χ2v) is 4.76. The molecule has 2 heterocycles. The van der Waals surface area contributed by atoms with E-state index < -0.39 is 0 Å². The molecule has 6 nitrogen and oxygen atoms in total. The highest BCUT2D eigenvalue weighted by Gasteiger charge is 2.12. The SMILES string of the molecule is O=c1c2ccccc2nnn1-c1ccnn1-c1ccccc1. The van der Waals surface area contributed by atoms with Crippen molar-refractivity contribution in [2.24, 2.45) is 0 Å². The summed E-state index contributed by atoms with van der Waals surface area (Å²) in [6.07, 6.45) is 1.63. The van der Waals surface area contributed by atoms with Crippen LogP contribution in [0, 0.1) is 0 Å². The lowest BCUT2D eigenvalue weighted by Gasteiger charge is -2.08. The Bertz CT molecular complexity index is 1000. The molecular formula is C16H11N5O. The average molecular weight is 289 g/mol. The number of fused-ring (bicyclic) bond motifs is 1. The molecule has 0 spiro atoms. The van der Waals surface area contributed by atoms with Gasteiger partial charge in [0.2, 0.25) is 0 Å². The monoisotopic (exact) mass is 289 g/mol. The number of para-hydroxylation sites is 1. The molecule has 0 saturated carbocycles. The van der Waals surface area contributed by atoms with Crippen LogP contribution in [-0.4, -0.2) is 24.8 Å². The normalized spacial score (nSPS) is 10.9. The highest BCUT2D eigenvalue weighted by molar-refractivity contribution is 5.76. The van der Waals surface area contributed by atoms with Gasteiger partial charge >= 0.3 is 0 Å². The van der Waals surface area contributed by atoms with Gasteiger partial charge in [0, 0.05) is 6.07 Å². The molecule has 0 aliphatic heterocycles. The second kappa shape index (κ2) is 4.92. The number of nitrogens with zero attached hydrogens (tertiary/aromatic N) is 5. The van der Waals surface area contributed by atoms with Crippen LogP contribution in [0.1, 0.15) is 0 Å². The first-order valence-electron chi connectivity index (χ1n) is 6.79. The van der Waals surface area contributed by atoms with Crippen LogP contribution in [0.15, 0.2) is 71.7 Å². The lowest BCUT2D eigenvalue weighted by atomic mass is 10.2. The Morgan fingerprint density at radius 1 is 0.818 bits per heavy atom. The molecule has 2 aromatic heterocycles. The molecule has 106 valence electrons. The largest absolute Gasteiger partial charge is 0.283 e. The summed E-state index contributed by atoms with van der Waals surface area (Å²) in [6, 6.07) is 18.5. The zero-order chi connectivity index (χ0) is 14.9. The van der Waals surface area contributed by atoms with Crippen LogP contribution in [0.3, 0.4) is 0 Å². The molecule has 4 rings (SSSR count). The quantitative estimate of drug-likeness (QED) is 0.566. The summed E-state index contributed by atoms with van der Waals surface area (Å²) in [7, 11) is 0. The molecule has 0 N–H and O–H groups in total. The Kier molecular flexibility index (Phi) is 2.79. The topological polar surface area (TPSA) is 65.6 Å². The van der Waals surface area contributed by atoms with E-state index in [1.165, 1.54) is 4.68 Å². The van der Waals surface area contributed by atoms with E-state index in [-0.39, 0.29) is 5.56 Å². The van der Waals surface area contributed by atoms with Crippen molar-refractivity contribution >= 4 is 10.9 Å². The van der Waals surface area contributed by atoms with Crippen molar-refractivity contribution in [3.63, 3.8) is 0 Å². The van der Waals surface area contributed by atoms with Crippen LogP contribution in [0.4, 0.5) is 0 Å². The minimum absolute atomic E-state index is 0.219. The Labute approximate surface area is 125 Å². The van der Waals surface area contributed by atoms with Crippen molar-refractivity contribution in [3.05, 3.63) is 77.2 Å². The molecule has 0 aliphatic rings. The molecule has 0 atom stereocenters. The molecule has 4 aromatic rings. The second-order valence-electron chi connectivity index (χ2n) is 4.76. The van der Waals surface area contributed by atoms with Gasteiger partial charge in [-0.3, -0.25) is 4.79 Å². The molecule has 0 fully saturated rings. The Hall–Kier alpha value is -3.28. The van der Waals surface area contributed by atoms with E-state index in [2.05, 4.69) is 15.4 Å². The number of rotatable bonds is 2. The van der Waals surface area contributed by atoms with Crippen molar-refractivity contribution in [1.82, 2.24) is 24.8 Å². The molecule has 22 heavy (non-hydrogen) atoms. The molecular weight excluding hydrogens is 278 g/mol.